The Morgan fingerprint density at radius 2 is 2.17 bits per heavy atom. The van der Waals surface area contributed by atoms with Crippen molar-refractivity contribution in [1.82, 2.24) is 0 Å². The van der Waals surface area contributed by atoms with Gasteiger partial charge in [0.25, 0.3) is 0 Å². The molecule has 98 valence electrons. The summed E-state index contributed by atoms with van der Waals surface area (Å²) in [5.41, 5.74) is 0.630. The monoisotopic (exact) mass is 266 g/mol. The van der Waals surface area contributed by atoms with E-state index in [-0.39, 0.29) is 11.9 Å². The smallest absolute Gasteiger partial charge is 0.178 e. The maximum absolute atomic E-state index is 12.1. The average molecular weight is 266 g/mol. The lowest BCUT2D eigenvalue weighted by molar-refractivity contribution is 0.0991. The predicted octanol–water partition coefficient (Wildman–Crippen LogP) is 2.19. The van der Waals surface area contributed by atoms with E-state index in [9.17, 15) is 9.00 Å². The summed E-state index contributed by atoms with van der Waals surface area (Å²) >= 11 is 0. The first-order valence-corrected chi connectivity index (χ1v) is 7.64. The van der Waals surface area contributed by atoms with E-state index in [1.54, 1.807) is 19.1 Å². The number of ketones is 1. The molecular weight excluding hydrogens is 248 g/mol. The van der Waals surface area contributed by atoms with Gasteiger partial charge in [0.15, 0.2) is 5.78 Å². The van der Waals surface area contributed by atoms with E-state index in [4.69, 9.17) is 4.74 Å². The average Bonchev–Trinajstić information content (AvgIpc) is 2.91. The molecule has 4 heteroatoms. The molecule has 0 saturated carbocycles. The Balaban J connectivity index is 1.95. The van der Waals surface area contributed by atoms with Crippen molar-refractivity contribution in [3.63, 3.8) is 0 Å². The number of hydrogen-bond donors (Lipinski definition) is 0. The van der Waals surface area contributed by atoms with Crippen molar-refractivity contribution in [3.05, 3.63) is 35.9 Å². The first-order chi connectivity index (χ1) is 8.68. The molecule has 3 atom stereocenters. The zero-order chi connectivity index (χ0) is 13.0. The minimum atomic E-state index is -1.16. The molecule has 1 aliphatic heterocycles. The summed E-state index contributed by atoms with van der Waals surface area (Å²) in [6.07, 6.45) is 2.05. The summed E-state index contributed by atoms with van der Waals surface area (Å²) < 4.78 is 17.6. The lowest BCUT2D eigenvalue weighted by Crippen LogP contribution is -2.28. The highest BCUT2D eigenvalue weighted by Crippen LogP contribution is 2.16. The third kappa shape index (κ3) is 3.27. The summed E-state index contributed by atoms with van der Waals surface area (Å²) in [6, 6.07) is 9.04. The van der Waals surface area contributed by atoms with Gasteiger partial charge in [-0.25, -0.2) is 0 Å². The summed E-state index contributed by atoms with van der Waals surface area (Å²) in [4.78, 5) is 12.1. The van der Waals surface area contributed by atoms with Gasteiger partial charge >= 0.3 is 0 Å². The maximum atomic E-state index is 12.1. The Kier molecular flexibility index (Phi) is 4.66. The zero-order valence-corrected chi connectivity index (χ0v) is 11.3. The molecule has 0 amide bonds. The topological polar surface area (TPSA) is 43.4 Å². The van der Waals surface area contributed by atoms with Crippen LogP contribution in [0.3, 0.4) is 0 Å². The van der Waals surface area contributed by atoms with Gasteiger partial charge in [0.2, 0.25) is 0 Å². The number of carbonyl (C=O) groups is 1. The third-order valence-electron chi connectivity index (χ3n) is 3.20. The number of ether oxygens (including phenoxy) is 1. The summed E-state index contributed by atoms with van der Waals surface area (Å²) in [7, 11) is -1.16. The van der Waals surface area contributed by atoms with Gasteiger partial charge < -0.3 is 4.74 Å². The van der Waals surface area contributed by atoms with Crippen LogP contribution >= 0.6 is 0 Å². The minimum absolute atomic E-state index is 0.0491. The molecule has 1 fully saturated rings. The first kappa shape index (κ1) is 13.4. The van der Waals surface area contributed by atoms with Crippen molar-refractivity contribution in [2.24, 2.45) is 0 Å². The second-order valence-corrected chi connectivity index (χ2v) is 6.36. The molecular formula is C14H18O3S. The summed E-state index contributed by atoms with van der Waals surface area (Å²) in [5.74, 6) is 0.423. The predicted molar refractivity (Wildman–Crippen MR) is 72.2 cm³/mol. The standard InChI is InChI=1S/C14H18O3S/c1-11(14(15)12-6-3-2-4-7-12)18(16)10-13-8-5-9-17-13/h2-4,6-7,11,13H,5,8-10H2,1H3. The van der Waals surface area contributed by atoms with Crippen LogP contribution in [0.15, 0.2) is 30.3 Å². The van der Waals surface area contributed by atoms with Crippen molar-refractivity contribution in [1.29, 1.82) is 0 Å². The summed E-state index contributed by atoms with van der Waals surface area (Å²) in [5, 5.41) is -0.461. The van der Waals surface area contributed by atoms with Gasteiger partial charge in [-0.15, -0.1) is 0 Å². The number of hydrogen-bond acceptors (Lipinski definition) is 3. The van der Waals surface area contributed by atoms with E-state index in [1.165, 1.54) is 0 Å². The van der Waals surface area contributed by atoms with Crippen LogP contribution < -0.4 is 0 Å². The largest absolute Gasteiger partial charge is 0.377 e. The van der Waals surface area contributed by atoms with Gasteiger partial charge in [-0.3, -0.25) is 9.00 Å². The maximum Gasteiger partial charge on any atom is 0.178 e. The van der Waals surface area contributed by atoms with Gasteiger partial charge in [0.05, 0.1) is 17.1 Å². The fraction of sp³-hybridized carbons (Fsp3) is 0.500. The van der Waals surface area contributed by atoms with Crippen LogP contribution in [-0.4, -0.2) is 33.7 Å². The number of rotatable bonds is 5. The molecule has 0 radical (unpaired) electrons. The van der Waals surface area contributed by atoms with E-state index in [0.717, 1.165) is 19.4 Å². The van der Waals surface area contributed by atoms with Crippen LogP contribution in [0.4, 0.5) is 0 Å². The second-order valence-electron chi connectivity index (χ2n) is 4.55. The molecule has 1 saturated heterocycles. The first-order valence-electron chi connectivity index (χ1n) is 6.26. The highest BCUT2D eigenvalue weighted by molar-refractivity contribution is 7.86. The third-order valence-corrected chi connectivity index (χ3v) is 4.90. The Morgan fingerprint density at radius 3 is 2.78 bits per heavy atom. The van der Waals surface area contributed by atoms with Crippen LogP contribution in [0.5, 0.6) is 0 Å². The van der Waals surface area contributed by atoms with E-state index >= 15 is 0 Å². The Morgan fingerprint density at radius 1 is 1.44 bits per heavy atom. The molecule has 0 bridgehead atoms. The molecule has 1 heterocycles. The fourth-order valence-electron chi connectivity index (χ4n) is 2.06. The fourth-order valence-corrected chi connectivity index (χ4v) is 3.35. The molecule has 0 aliphatic carbocycles. The van der Waals surface area contributed by atoms with E-state index < -0.39 is 16.0 Å². The molecule has 1 aliphatic rings. The van der Waals surface area contributed by atoms with Gasteiger partial charge in [0.1, 0.15) is 0 Å². The van der Waals surface area contributed by atoms with Crippen LogP contribution in [0, 0.1) is 0 Å². The van der Waals surface area contributed by atoms with Crippen molar-refractivity contribution in [2.75, 3.05) is 12.4 Å². The second kappa shape index (κ2) is 6.25. The molecule has 18 heavy (non-hydrogen) atoms. The number of benzene rings is 1. The highest BCUT2D eigenvalue weighted by atomic mass is 32.2. The number of carbonyl (C=O) groups excluding carboxylic acids is 1. The normalized spacial score (nSPS) is 22.6. The molecule has 1 aromatic rings. The van der Waals surface area contributed by atoms with Crippen LogP contribution in [0.1, 0.15) is 30.1 Å². The summed E-state index contributed by atoms with van der Waals surface area (Å²) in [6.45, 7) is 2.49. The molecule has 0 spiro atoms. The molecule has 0 aromatic heterocycles. The molecule has 0 N–H and O–H groups in total. The van der Waals surface area contributed by atoms with Crippen LogP contribution in [0.2, 0.25) is 0 Å². The van der Waals surface area contributed by atoms with Gasteiger partial charge in [-0.2, -0.15) is 0 Å². The van der Waals surface area contributed by atoms with Crippen LogP contribution in [-0.2, 0) is 15.5 Å². The number of Topliss-reactive ketones (excluding diaryl/α,β-unsaturated/α-hetero) is 1. The zero-order valence-electron chi connectivity index (χ0n) is 10.5. The Labute approximate surface area is 110 Å². The van der Waals surface area contributed by atoms with E-state index in [2.05, 4.69) is 0 Å². The molecule has 1 aromatic carbocycles. The molecule has 2 rings (SSSR count). The Hall–Kier alpha value is -1.00. The van der Waals surface area contributed by atoms with Crippen molar-refractivity contribution < 1.29 is 13.7 Å². The molecule has 3 nitrogen and oxygen atoms in total. The quantitative estimate of drug-likeness (QED) is 0.767. The van der Waals surface area contributed by atoms with E-state index in [0.29, 0.717) is 11.3 Å². The van der Waals surface area contributed by atoms with Crippen molar-refractivity contribution in [2.45, 2.75) is 31.1 Å². The van der Waals surface area contributed by atoms with Crippen molar-refractivity contribution in [3.8, 4) is 0 Å². The Bertz CT molecular complexity index is 424. The van der Waals surface area contributed by atoms with E-state index in [1.807, 2.05) is 18.2 Å². The lowest BCUT2D eigenvalue weighted by Gasteiger charge is -2.13. The molecule has 3 unspecified atom stereocenters. The van der Waals surface area contributed by atoms with Crippen LogP contribution in [0.25, 0.3) is 0 Å². The lowest BCUT2D eigenvalue weighted by atomic mass is 10.1. The van der Waals surface area contributed by atoms with Gasteiger partial charge in [-0.1, -0.05) is 30.3 Å². The highest BCUT2D eigenvalue weighted by Gasteiger charge is 2.25. The van der Waals surface area contributed by atoms with Gasteiger partial charge in [-0.05, 0) is 19.8 Å². The SMILES string of the molecule is CC(C(=O)c1ccccc1)S(=O)CC1CCCO1. The van der Waals surface area contributed by atoms with Crippen molar-refractivity contribution >= 4 is 16.6 Å². The van der Waals surface area contributed by atoms with Gasteiger partial charge in [0, 0.05) is 23.0 Å². The minimum Gasteiger partial charge on any atom is -0.377 e.